The molecule has 1 aromatic carbocycles. The van der Waals surface area contributed by atoms with E-state index < -0.39 is 17.6 Å². The molecule has 154 valence electrons. The lowest BCUT2D eigenvalue weighted by molar-refractivity contribution is -0.141. The molecule has 9 heteroatoms. The SMILES string of the molecule is Cc1ncccc1C(=O)NC1(c2cn(C(Cc3ccc(Cl)cc3)C(=O)O)nn2)CC1. The van der Waals surface area contributed by atoms with Crippen molar-refractivity contribution in [2.45, 2.75) is 37.8 Å². The third kappa shape index (κ3) is 4.04. The van der Waals surface area contributed by atoms with Crippen molar-refractivity contribution in [3.8, 4) is 0 Å². The Morgan fingerprint density at radius 3 is 2.63 bits per heavy atom. The molecule has 1 saturated carbocycles. The zero-order valence-electron chi connectivity index (χ0n) is 16.2. The molecule has 0 radical (unpaired) electrons. The molecule has 1 unspecified atom stereocenters. The van der Waals surface area contributed by atoms with Gasteiger partial charge in [-0.3, -0.25) is 9.78 Å². The van der Waals surface area contributed by atoms with Gasteiger partial charge < -0.3 is 10.4 Å². The number of halogens is 1. The molecule has 1 amide bonds. The van der Waals surface area contributed by atoms with Crippen LogP contribution in [0.2, 0.25) is 5.02 Å². The van der Waals surface area contributed by atoms with Gasteiger partial charge in [0.15, 0.2) is 6.04 Å². The monoisotopic (exact) mass is 425 g/mol. The zero-order chi connectivity index (χ0) is 21.3. The van der Waals surface area contributed by atoms with Gasteiger partial charge in [-0.1, -0.05) is 28.9 Å². The summed E-state index contributed by atoms with van der Waals surface area (Å²) in [6.07, 6.45) is 4.91. The summed E-state index contributed by atoms with van der Waals surface area (Å²) < 4.78 is 1.34. The molecule has 2 heterocycles. The van der Waals surface area contributed by atoms with E-state index in [0.717, 1.165) is 5.56 Å². The minimum atomic E-state index is -1.01. The van der Waals surface area contributed by atoms with Crippen LogP contribution in [-0.4, -0.2) is 37.0 Å². The summed E-state index contributed by atoms with van der Waals surface area (Å²) in [6.45, 7) is 1.78. The van der Waals surface area contributed by atoms with E-state index >= 15 is 0 Å². The van der Waals surface area contributed by atoms with Gasteiger partial charge in [-0.05, 0) is 49.6 Å². The van der Waals surface area contributed by atoms with Crippen molar-refractivity contribution >= 4 is 23.5 Å². The highest BCUT2D eigenvalue weighted by Gasteiger charge is 2.48. The second kappa shape index (κ2) is 7.87. The van der Waals surface area contributed by atoms with E-state index in [9.17, 15) is 14.7 Å². The van der Waals surface area contributed by atoms with Crippen LogP contribution in [0, 0.1) is 6.92 Å². The summed E-state index contributed by atoms with van der Waals surface area (Å²) >= 11 is 5.90. The van der Waals surface area contributed by atoms with E-state index in [1.807, 2.05) is 0 Å². The number of aryl methyl sites for hydroxylation is 1. The van der Waals surface area contributed by atoms with E-state index in [4.69, 9.17) is 11.6 Å². The molecule has 2 N–H and O–H groups in total. The second-order valence-electron chi connectivity index (χ2n) is 7.44. The van der Waals surface area contributed by atoms with Crippen molar-refractivity contribution < 1.29 is 14.7 Å². The predicted molar refractivity (Wildman–Crippen MR) is 109 cm³/mol. The topological polar surface area (TPSA) is 110 Å². The lowest BCUT2D eigenvalue weighted by Crippen LogP contribution is -2.35. The van der Waals surface area contributed by atoms with Gasteiger partial charge in [-0.15, -0.1) is 5.10 Å². The Labute approximate surface area is 177 Å². The van der Waals surface area contributed by atoms with Crippen molar-refractivity contribution in [1.82, 2.24) is 25.3 Å². The number of amides is 1. The summed E-state index contributed by atoms with van der Waals surface area (Å²) in [5.74, 6) is -1.25. The molecule has 1 fully saturated rings. The van der Waals surface area contributed by atoms with Crippen LogP contribution >= 0.6 is 11.6 Å². The summed E-state index contributed by atoms with van der Waals surface area (Å²) in [6, 6.07) is 9.53. The maximum Gasteiger partial charge on any atom is 0.328 e. The van der Waals surface area contributed by atoms with Crippen molar-refractivity contribution in [3.63, 3.8) is 0 Å². The van der Waals surface area contributed by atoms with Crippen LogP contribution < -0.4 is 5.32 Å². The second-order valence-corrected chi connectivity index (χ2v) is 7.88. The zero-order valence-corrected chi connectivity index (χ0v) is 17.0. The molecule has 0 bridgehead atoms. The predicted octanol–water partition coefficient (Wildman–Crippen LogP) is 2.92. The summed E-state index contributed by atoms with van der Waals surface area (Å²) in [5, 5.41) is 21.5. The lowest BCUT2D eigenvalue weighted by Gasteiger charge is -2.16. The molecule has 1 aliphatic carbocycles. The Morgan fingerprint density at radius 2 is 2.00 bits per heavy atom. The quantitative estimate of drug-likeness (QED) is 0.602. The number of hydrogen-bond acceptors (Lipinski definition) is 5. The number of carbonyl (C=O) groups excluding carboxylic acids is 1. The number of carboxylic acid groups (broad SMARTS) is 1. The Hall–Kier alpha value is -3.26. The van der Waals surface area contributed by atoms with Crippen LogP contribution in [-0.2, 0) is 16.8 Å². The molecule has 4 rings (SSSR count). The van der Waals surface area contributed by atoms with Crippen LogP contribution in [0.3, 0.4) is 0 Å². The number of aromatic nitrogens is 4. The number of aliphatic carboxylic acids is 1. The standard InChI is InChI=1S/C21H20ClN5O3/c1-13-16(3-2-10-23-13)19(28)24-21(8-9-21)18-12-27(26-25-18)17(20(29)30)11-14-4-6-15(22)7-5-14/h2-7,10,12,17H,8-9,11H2,1H3,(H,24,28)(H,29,30). The number of rotatable bonds is 7. The van der Waals surface area contributed by atoms with E-state index in [1.165, 1.54) is 4.68 Å². The molecule has 0 saturated heterocycles. The molecule has 2 aromatic heterocycles. The molecule has 3 aromatic rings. The van der Waals surface area contributed by atoms with Crippen LogP contribution in [0.5, 0.6) is 0 Å². The fourth-order valence-electron chi connectivity index (χ4n) is 3.37. The van der Waals surface area contributed by atoms with Gasteiger partial charge in [-0.25, -0.2) is 9.48 Å². The molecule has 0 spiro atoms. The number of pyridine rings is 1. The first-order valence-electron chi connectivity index (χ1n) is 9.52. The van der Waals surface area contributed by atoms with E-state index in [2.05, 4.69) is 20.6 Å². The number of hydrogen-bond donors (Lipinski definition) is 2. The van der Waals surface area contributed by atoms with Crippen LogP contribution in [0.15, 0.2) is 48.8 Å². The smallest absolute Gasteiger partial charge is 0.328 e. The highest BCUT2D eigenvalue weighted by Crippen LogP contribution is 2.44. The summed E-state index contributed by atoms with van der Waals surface area (Å²) in [7, 11) is 0. The number of carbonyl (C=O) groups is 2. The molecule has 1 atom stereocenters. The Kier molecular flexibility index (Phi) is 5.26. The van der Waals surface area contributed by atoms with Gasteiger partial charge in [0.05, 0.1) is 17.3 Å². The van der Waals surface area contributed by atoms with Gasteiger partial charge in [0.1, 0.15) is 5.69 Å². The van der Waals surface area contributed by atoms with E-state index in [-0.39, 0.29) is 12.3 Å². The van der Waals surface area contributed by atoms with Crippen LogP contribution in [0.4, 0.5) is 0 Å². The van der Waals surface area contributed by atoms with Crippen molar-refractivity contribution in [2.75, 3.05) is 0 Å². The van der Waals surface area contributed by atoms with Gasteiger partial charge in [0.25, 0.3) is 5.91 Å². The number of benzene rings is 1. The molecular weight excluding hydrogens is 406 g/mol. The molecule has 0 aliphatic heterocycles. The highest BCUT2D eigenvalue weighted by atomic mass is 35.5. The number of nitrogens with zero attached hydrogens (tertiary/aromatic N) is 4. The fourth-order valence-corrected chi connectivity index (χ4v) is 3.49. The fraction of sp³-hybridized carbons (Fsp3) is 0.286. The Bertz CT molecular complexity index is 1090. The Morgan fingerprint density at radius 1 is 1.27 bits per heavy atom. The normalized spacial score (nSPS) is 15.4. The third-order valence-electron chi connectivity index (χ3n) is 5.30. The van der Waals surface area contributed by atoms with Crippen LogP contribution in [0.1, 0.15) is 46.2 Å². The van der Waals surface area contributed by atoms with Gasteiger partial charge in [-0.2, -0.15) is 0 Å². The molecular formula is C21H20ClN5O3. The first-order chi connectivity index (χ1) is 14.4. The average molecular weight is 426 g/mol. The number of nitrogens with one attached hydrogen (secondary N) is 1. The van der Waals surface area contributed by atoms with Gasteiger partial charge in [0, 0.05) is 23.3 Å². The van der Waals surface area contributed by atoms with Gasteiger partial charge >= 0.3 is 5.97 Å². The largest absolute Gasteiger partial charge is 0.480 e. The van der Waals surface area contributed by atoms with Crippen molar-refractivity contribution in [2.24, 2.45) is 0 Å². The first-order valence-corrected chi connectivity index (χ1v) is 9.89. The number of carboxylic acids is 1. The van der Waals surface area contributed by atoms with E-state index in [0.29, 0.717) is 34.8 Å². The highest BCUT2D eigenvalue weighted by molar-refractivity contribution is 6.30. The molecule has 1 aliphatic rings. The van der Waals surface area contributed by atoms with Crippen molar-refractivity contribution in [1.29, 1.82) is 0 Å². The van der Waals surface area contributed by atoms with E-state index in [1.54, 1.807) is 55.7 Å². The average Bonchev–Trinajstić information content (AvgIpc) is 3.32. The third-order valence-corrected chi connectivity index (χ3v) is 5.55. The molecule has 30 heavy (non-hydrogen) atoms. The first kappa shape index (κ1) is 20.0. The minimum absolute atomic E-state index is 0.233. The maximum absolute atomic E-state index is 12.7. The lowest BCUT2D eigenvalue weighted by atomic mass is 10.1. The summed E-state index contributed by atoms with van der Waals surface area (Å²) in [5.41, 5.74) is 1.90. The van der Waals surface area contributed by atoms with Crippen molar-refractivity contribution in [3.05, 3.63) is 76.3 Å². The Balaban J connectivity index is 1.53. The summed E-state index contributed by atoms with van der Waals surface area (Å²) in [4.78, 5) is 28.7. The molecule has 8 nitrogen and oxygen atoms in total. The van der Waals surface area contributed by atoms with Crippen LogP contribution in [0.25, 0.3) is 0 Å². The maximum atomic E-state index is 12.7. The van der Waals surface area contributed by atoms with Gasteiger partial charge in [0.2, 0.25) is 0 Å². The minimum Gasteiger partial charge on any atom is -0.480 e.